The summed E-state index contributed by atoms with van der Waals surface area (Å²) in [6.07, 6.45) is 2.42. The number of hydrogen-bond donors (Lipinski definition) is 3. The van der Waals surface area contributed by atoms with Gasteiger partial charge in [0.05, 0.1) is 4.90 Å². The van der Waals surface area contributed by atoms with Gasteiger partial charge in [-0.25, -0.2) is 8.42 Å². The molecule has 3 aromatic rings. The molecular formula is C25H27ClN4O3S. The molecule has 4 N–H and O–H groups in total. The third-order valence-electron chi connectivity index (χ3n) is 5.70. The Hall–Kier alpha value is -3.36. The second kappa shape index (κ2) is 10.7. The molecule has 0 bridgehead atoms. The van der Waals surface area contributed by atoms with Crippen molar-refractivity contribution in [1.29, 1.82) is 5.41 Å². The number of halogens is 1. The number of benzene rings is 3. The summed E-state index contributed by atoms with van der Waals surface area (Å²) < 4.78 is 28.2. The van der Waals surface area contributed by atoms with Crippen molar-refractivity contribution >= 4 is 45.5 Å². The lowest BCUT2D eigenvalue weighted by atomic mass is 10.0. The molecule has 7 nitrogen and oxygen atoms in total. The number of nitrogens with two attached hydrogens (primary N) is 1. The highest BCUT2D eigenvalue weighted by molar-refractivity contribution is 7.92. The quantitative estimate of drug-likeness (QED) is 0.335. The zero-order valence-electron chi connectivity index (χ0n) is 18.5. The van der Waals surface area contributed by atoms with Crippen molar-refractivity contribution in [1.82, 2.24) is 0 Å². The summed E-state index contributed by atoms with van der Waals surface area (Å²) in [5, 5.41) is 7.46. The maximum Gasteiger partial charge on any atom is 0.261 e. The summed E-state index contributed by atoms with van der Waals surface area (Å²) >= 11 is 0. The molecule has 3 aromatic carbocycles. The van der Waals surface area contributed by atoms with Crippen molar-refractivity contribution in [3.8, 4) is 0 Å². The Morgan fingerprint density at radius 2 is 1.74 bits per heavy atom. The first-order valence-electron chi connectivity index (χ1n) is 10.8. The number of amides is 1. The van der Waals surface area contributed by atoms with Crippen LogP contribution in [-0.4, -0.2) is 26.7 Å². The van der Waals surface area contributed by atoms with Crippen molar-refractivity contribution in [2.45, 2.75) is 30.6 Å². The highest BCUT2D eigenvalue weighted by Crippen LogP contribution is 2.30. The largest absolute Gasteiger partial charge is 0.384 e. The molecule has 9 heteroatoms. The third-order valence-corrected chi connectivity index (χ3v) is 7.08. The number of rotatable bonds is 7. The van der Waals surface area contributed by atoms with Crippen LogP contribution in [0.1, 0.15) is 29.5 Å². The zero-order valence-corrected chi connectivity index (χ0v) is 20.2. The Kier molecular flexibility index (Phi) is 7.96. The number of anilines is 2. The van der Waals surface area contributed by atoms with Gasteiger partial charge in [0.25, 0.3) is 10.0 Å². The van der Waals surface area contributed by atoms with E-state index in [0.29, 0.717) is 30.6 Å². The van der Waals surface area contributed by atoms with E-state index in [1.54, 1.807) is 59.5 Å². The molecule has 0 aliphatic carbocycles. The minimum Gasteiger partial charge on any atom is -0.384 e. The van der Waals surface area contributed by atoms with Crippen LogP contribution >= 0.6 is 12.4 Å². The van der Waals surface area contributed by atoms with Crippen LogP contribution in [-0.2, 0) is 27.7 Å². The summed E-state index contributed by atoms with van der Waals surface area (Å²) in [6, 6.07) is 21.0. The number of nitrogens with zero attached hydrogens (tertiary/aromatic N) is 1. The second-order valence-corrected chi connectivity index (χ2v) is 9.70. The molecule has 0 radical (unpaired) electrons. The molecule has 0 aromatic heterocycles. The normalized spacial score (nSPS) is 12.9. The Morgan fingerprint density at radius 3 is 2.41 bits per heavy atom. The van der Waals surface area contributed by atoms with Gasteiger partial charge in [-0.2, -0.15) is 0 Å². The minimum absolute atomic E-state index is 0. The van der Waals surface area contributed by atoms with E-state index in [1.807, 2.05) is 18.2 Å². The van der Waals surface area contributed by atoms with Gasteiger partial charge in [-0.05, 0) is 60.7 Å². The van der Waals surface area contributed by atoms with E-state index in [0.717, 1.165) is 29.7 Å². The Labute approximate surface area is 206 Å². The number of hydrogen-bond acceptors (Lipinski definition) is 4. The molecule has 1 heterocycles. The van der Waals surface area contributed by atoms with Crippen molar-refractivity contribution in [2.24, 2.45) is 5.73 Å². The van der Waals surface area contributed by atoms with E-state index in [4.69, 9.17) is 11.1 Å². The molecule has 1 amide bonds. The van der Waals surface area contributed by atoms with Crippen molar-refractivity contribution < 1.29 is 13.2 Å². The molecule has 4 rings (SSSR count). The lowest BCUT2D eigenvalue weighted by Crippen LogP contribution is -2.35. The smallest absolute Gasteiger partial charge is 0.261 e. The number of fused-ring (bicyclic) bond motifs is 1. The SMILES string of the molecule is Cl.N=C(N)c1ccc(CCC(=O)N2CCCc3cc(S(=O)(=O)Nc4ccccc4)ccc32)cc1. The molecule has 0 unspecified atom stereocenters. The molecule has 0 fully saturated rings. The zero-order chi connectivity index (χ0) is 23.4. The van der Waals surface area contributed by atoms with E-state index in [9.17, 15) is 13.2 Å². The van der Waals surface area contributed by atoms with Gasteiger partial charge in [-0.3, -0.25) is 14.9 Å². The fourth-order valence-corrected chi connectivity index (χ4v) is 5.07. The second-order valence-electron chi connectivity index (χ2n) is 8.02. The molecule has 0 spiro atoms. The van der Waals surface area contributed by atoms with Crippen LogP contribution in [0.5, 0.6) is 0 Å². The number of amidine groups is 1. The van der Waals surface area contributed by atoms with Crippen LogP contribution in [0.15, 0.2) is 77.7 Å². The summed E-state index contributed by atoms with van der Waals surface area (Å²) in [7, 11) is -3.72. The van der Waals surface area contributed by atoms with Crippen LogP contribution in [0.4, 0.5) is 11.4 Å². The van der Waals surface area contributed by atoms with Crippen LogP contribution < -0.4 is 15.4 Å². The average molecular weight is 499 g/mol. The molecular weight excluding hydrogens is 472 g/mol. The van der Waals surface area contributed by atoms with Gasteiger partial charge >= 0.3 is 0 Å². The van der Waals surface area contributed by atoms with Crippen LogP contribution in [0.25, 0.3) is 0 Å². The van der Waals surface area contributed by atoms with Gasteiger partial charge in [0.15, 0.2) is 0 Å². The number of carbonyl (C=O) groups excluding carboxylic acids is 1. The van der Waals surface area contributed by atoms with Crippen molar-refractivity contribution in [3.05, 3.63) is 89.5 Å². The number of aryl methyl sites for hydroxylation is 2. The van der Waals surface area contributed by atoms with E-state index in [1.165, 1.54) is 0 Å². The molecule has 1 aliphatic rings. The van der Waals surface area contributed by atoms with E-state index >= 15 is 0 Å². The Morgan fingerprint density at radius 1 is 1.03 bits per heavy atom. The van der Waals surface area contributed by atoms with Crippen LogP contribution in [0.2, 0.25) is 0 Å². The summed E-state index contributed by atoms with van der Waals surface area (Å²) in [5.41, 5.74) is 9.28. The minimum atomic E-state index is -3.72. The molecule has 34 heavy (non-hydrogen) atoms. The van der Waals surface area contributed by atoms with E-state index in [2.05, 4.69) is 4.72 Å². The predicted octanol–water partition coefficient (Wildman–Crippen LogP) is 4.11. The van der Waals surface area contributed by atoms with Gasteiger partial charge in [0, 0.05) is 29.9 Å². The van der Waals surface area contributed by atoms with Gasteiger partial charge < -0.3 is 10.6 Å². The molecule has 0 atom stereocenters. The predicted molar refractivity (Wildman–Crippen MR) is 137 cm³/mol. The number of nitrogen functional groups attached to an aromatic ring is 1. The first kappa shape index (κ1) is 25.3. The first-order chi connectivity index (χ1) is 15.8. The number of carbonyl (C=O) groups is 1. The molecule has 0 saturated carbocycles. The molecule has 0 saturated heterocycles. The van der Waals surface area contributed by atoms with Crippen molar-refractivity contribution in [2.75, 3.05) is 16.2 Å². The lowest BCUT2D eigenvalue weighted by Gasteiger charge is -2.30. The summed E-state index contributed by atoms with van der Waals surface area (Å²) in [6.45, 7) is 0.615. The van der Waals surface area contributed by atoms with Crippen LogP contribution in [0, 0.1) is 5.41 Å². The summed E-state index contributed by atoms with van der Waals surface area (Å²) in [5.74, 6) is 0.0208. The molecule has 1 aliphatic heterocycles. The number of sulfonamides is 1. The monoisotopic (exact) mass is 498 g/mol. The Balaban J connectivity index is 0.00000324. The third kappa shape index (κ3) is 5.76. The first-order valence-corrected chi connectivity index (χ1v) is 12.3. The van der Waals surface area contributed by atoms with E-state index < -0.39 is 10.0 Å². The average Bonchev–Trinajstić information content (AvgIpc) is 2.82. The fraction of sp³-hybridized carbons (Fsp3) is 0.200. The molecule has 178 valence electrons. The topological polar surface area (TPSA) is 116 Å². The van der Waals surface area contributed by atoms with Crippen molar-refractivity contribution in [3.63, 3.8) is 0 Å². The highest BCUT2D eigenvalue weighted by Gasteiger charge is 2.24. The summed E-state index contributed by atoms with van der Waals surface area (Å²) in [4.78, 5) is 14.9. The van der Waals surface area contributed by atoms with Gasteiger partial charge in [0.1, 0.15) is 5.84 Å². The maximum atomic E-state index is 13.0. The number of para-hydroxylation sites is 1. The van der Waals surface area contributed by atoms with Crippen LogP contribution in [0.3, 0.4) is 0 Å². The maximum absolute atomic E-state index is 13.0. The highest BCUT2D eigenvalue weighted by atomic mass is 35.5. The Bertz CT molecular complexity index is 1280. The standard InChI is InChI=1S/C25H26N4O3S.ClH/c26-25(27)19-11-8-18(9-12-19)10-15-24(30)29-16-4-5-20-17-22(13-14-23(20)29)33(31,32)28-21-6-2-1-3-7-21;/h1-3,6-9,11-14,17,28H,4-5,10,15-16H2,(H3,26,27);1H. The lowest BCUT2D eigenvalue weighted by molar-refractivity contribution is -0.118. The van der Waals surface area contributed by atoms with Gasteiger partial charge in [0.2, 0.25) is 5.91 Å². The van der Waals surface area contributed by atoms with Gasteiger partial charge in [-0.1, -0.05) is 42.5 Å². The van der Waals surface area contributed by atoms with E-state index in [-0.39, 0.29) is 29.0 Å². The van der Waals surface area contributed by atoms with Gasteiger partial charge in [-0.15, -0.1) is 12.4 Å². The fourth-order valence-electron chi connectivity index (χ4n) is 3.96. The number of nitrogens with one attached hydrogen (secondary N) is 2.